The largest absolute Gasteiger partial charge is 0.507 e. The molecule has 202 valence electrons. The van der Waals surface area contributed by atoms with E-state index in [0.29, 0.717) is 0 Å². The van der Waals surface area contributed by atoms with Crippen molar-refractivity contribution < 1.29 is 36.6 Å². The van der Waals surface area contributed by atoms with Crippen LogP contribution in [0.4, 0.5) is 37.7 Å². The average Bonchev–Trinajstić information content (AvgIpc) is 2.81. The van der Waals surface area contributed by atoms with Gasteiger partial charge in [-0.3, -0.25) is 9.98 Å². The number of nitrogens with zero attached hydrogens (tertiary/aromatic N) is 2. The molecule has 10 heteroatoms. The van der Waals surface area contributed by atoms with Crippen LogP contribution in [0.5, 0.6) is 11.5 Å². The second-order valence-electron chi connectivity index (χ2n) is 9.32. The highest BCUT2D eigenvalue weighted by molar-refractivity contribution is 5.90. The van der Waals surface area contributed by atoms with Crippen LogP contribution in [0.3, 0.4) is 0 Å². The minimum atomic E-state index is -4.63. The second-order valence-corrected chi connectivity index (χ2v) is 9.32. The lowest BCUT2D eigenvalue weighted by molar-refractivity contribution is -0.138. The van der Waals surface area contributed by atoms with Crippen LogP contribution in [-0.2, 0) is 12.4 Å². The van der Waals surface area contributed by atoms with Gasteiger partial charge in [-0.15, -0.1) is 0 Å². The Morgan fingerprint density at radius 1 is 0.632 bits per heavy atom. The number of phenols is 2. The lowest BCUT2D eigenvalue weighted by atomic mass is 9.96. The summed E-state index contributed by atoms with van der Waals surface area (Å²) in [5.41, 5.74) is -1.61. The summed E-state index contributed by atoms with van der Waals surface area (Å²) in [5, 5.41) is 21.1. The van der Waals surface area contributed by atoms with Crippen LogP contribution in [-0.4, -0.2) is 22.6 Å². The zero-order valence-electron chi connectivity index (χ0n) is 21.0. The molecule has 0 atom stereocenters. The van der Waals surface area contributed by atoms with Crippen molar-refractivity contribution in [3.05, 3.63) is 81.9 Å². The third-order valence-corrected chi connectivity index (χ3v) is 5.80. The fourth-order valence-electron chi connectivity index (χ4n) is 3.73. The van der Waals surface area contributed by atoms with Crippen molar-refractivity contribution in [2.45, 2.75) is 51.9 Å². The Kier molecular flexibility index (Phi) is 8.24. The van der Waals surface area contributed by atoms with Gasteiger partial charge in [-0.05, 0) is 59.4 Å². The van der Waals surface area contributed by atoms with Crippen LogP contribution in [0.1, 0.15) is 72.9 Å². The van der Waals surface area contributed by atoms with E-state index in [-0.39, 0.29) is 45.1 Å². The zero-order valence-corrected chi connectivity index (χ0v) is 21.0. The molecule has 0 aromatic heterocycles. The van der Waals surface area contributed by atoms with Crippen LogP contribution in [0.25, 0.3) is 0 Å². The fraction of sp³-hybridized carbons (Fsp3) is 0.286. The first-order valence-corrected chi connectivity index (χ1v) is 11.6. The number of rotatable bonds is 6. The van der Waals surface area contributed by atoms with Gasteiger partial charge in [-0.1, -0.05) is 39.8 Å². The molecule has 0 saturated heterocycles. The van der Waals surface area contributed by atoms with Gasteiger partial charge in [-0.25, -0.2) is 0 Å². The number of halogens is 6. The number of phenolic OH excluding ortho intramolecular Hbond substituents is 2. The molecular weight excluding hydrogens is 510 g/mol. The Morgan fingerprint density at radius 2 is 0.974 bits per heavy atom. The van der Waals surface area contributed by atoms with Crippen LogP contribution >= 0.6 is 0 Å². The number of benzene rings is 3. The van der Waals surface area contributed by atoms with E-state index >= 15 is 0 Å². The topological polar surface area (TPSA) is 65.2 Å². The standard InChI is InChI=1S/C28H26F6N2O2/c1-15(2)21-11-19(27(29,30)31)9-17(25(21)37)13-35-23-7-5-6-8-24(23)36-14-18-10-20(28(32,33)34)12-22(16(3)4)26(18)38/h5-16,37-38H,1-4H3. The number of aromatic hydroxyl groups is 2. The van der Waals surface area contributed by atoms with E-state index in [1.54, 1.807) is 39.8 Å². The van der Waals surface area contributed by atoms with Gasteiger partial charge in [0.15, 0.2) is 0 Å². The fourth-order valence-corrected chi connectivity index (χ4v) is 3.73. The maximum atomic E-state index is 13.4. The molecule has 0 spiro atoms. The van der Waals surface area contributed by atoms with E-state index in [4.69, 9.17) is 0 Å². The Balaban J connectivity index is 2.06. The molecule has 0 bridgehead atoms. The van der Waals surface area contributed by atoms with Crippen LogP contribution in [0, 0.1) is 0 Å². The van der Waals surface area contributed by atoms with E-state index in [1.165, 1.54) is 12.1 Å². The Labute approximate surface area is 216 Å². The number of para-hydroxylation sites is 2. The predicted molar refractivity (Wildman–Crippen MR) is 135 cm³/mol. The molecule has 0 saturated carbocycles. The summed E-state index contributed by atoms with van der Waals surface area (Å²) in [6.07, 6.45) is -7.12. The first-order chi connectivity index (χ1) is 17.6. The summed E-state index contributed by atoms with van der Waals surface area (Å²) in [5.74, 6) is -1.46. The molecule has 3 rings (SSSR count). The van der Waals surface area contributed by atoms with Crippen LogP contribution in [0.15, 0.2) is 58.5 Å². The first-order valence-electron chi connectivity index (χ1n) is 11.6. The van der Waals surface area contributed by atoms with Crippen molar-refractivity contribution in [2.75, 3.05) is 0 Å². The maximum Gasteiger partial charge on any atom is 0.416 e. The molecule has 0 aliphatic heterocycles. The monoisotopic (exact) mass is 536 g/mol. The summed E-state index contributed by atoms with van der Waals surface area (Å²) in [7, 11) is 0. The second kappa shape index (κ2) is 10.9. The molecule has 3 aromatic rings. The molecule has 0 fully saturated rings. The van der Waals surface area contributed by atoms with Crippen LogP contribution < -0.4 is 0 Å². The molecule has 0 amide bonds. The normalized spacial score (nSPS) is 12.9. The van der Waals surface area contributed by atoms with Gasteiger partial charge in [0.25, 0.3) is 0 Å². The van der Waals surface area contributed by atoms with Crippen molar-refractivity contribution in [3.8, 4) is 11.5 Å². The van der Waals surface area contributed by atoms with Gasteiger partial charge in [0.1, 0.15) is 11.5 Å². The maximum absolute atomic E-state index is 13.4. The summed E-state index contributed by atoms with van der Waals surface area (Å²) in [6.45, 7) is 6.59. The molecular formula is C28H26F6N2O2. The van der Waals surface area contributed by atoms with E-state index in [1.807, 2.05) is 0 Å². The van der Waals surface area contributed by atoms with Gasteiger partial charge in [0.2, 0.25) is 0 Å². The molecule has 0 radical (unpaired) electrons. The van der Waals surface area contributed by atoms with Gasteiger partial charge in [0.05, 0.1) is 22.5 Å². The third kappa shape index (κ3) is 6.54. The molecule has 0 aliphatic carbocycles. The number of hydrogen-bond acceptors (Lipinski definition) is 4. The summed E-state index contributed by atoms with van der Waals surface area (Å²) >= 11 is 0. The van der Waals surface area contributed by atoms with E-state index in [0.717, 1.165) is 36.7 Å². The Morgan fingerprint density at radius 3 is 1.26 bits per heavy atom. The Hall–Kier alpha value is -3.82. The van der Waals surface area contributed by atoms with Crippen molar-refractivity contribution in [1.82, 2.24) is 0 Å². The molecule has 0 unspecified atom stereocenters. The van der Waals surface area contributed by atoms with Gasteiger partial charge >= 0.3 is 12.4 Å². The lowest BCUT2D eigenvalue weighted by Gasteiger charge is -2.15. The molecule has 0 heterocycles. The van der Waals surface area contributed by atoms with Crippen molar-refractivity contribution in [2.24, 2.45) is 9.98 Å². The highest BCUT2D eigenvalue weighted by atomic mass is 19.4. The molecule has 4 nitrogen and oxygen atoms in total. The summed E-state index contributed by atoms with van der Waals surface area (Å²) < 4.78 is 80.5. The minimum absolute atomic E-state index is 0.105. The molecule has 38 heavy (non-hydrogen) atoms. The number of hydrogen-bond donors (Lipinski definition) is 2. The Bertz CT molecular complexity index is 1270. The van der Waals surface area contributed by atoms with Gasteiger partial charge < -0.3 is 10.2 Å². The number of alkyl halides is 6. The molecule has 2 N–H and O–H groups in total. The smallest absolute Gasteiger partial charge is 0.416 e. The average molecular weight is 537 g/mol. The minimum Gasteiger partial charge on any atom is -0.507 e. The first kappa shape index (κ1) is 28.7. The third-order valence-electron chi connectivity index (χ3n) is 5.80. The van der Waals surface area contributed by atoms with Crippen molar-refractivity contribution >= 4 is 23.8 Å². The SMILES string of the molecule is CC(C)c1cc(C(F)(F)F)cc(C=Nc2ccccc2N=Cc2cc(C(F)(F)F)cc(C(C)C)c2O)c1O. The predicted octanol–water partition coefficient (Wildman–Crippen LogP) is 8.88. The van der Waals surface area contributed by atoms with Gasteiger partial charge in [0, 0.05) is 23.6 Å². The van der Waals surface area contributed by atoms with E-state index in [9.17, 15) is 36.6 Å². The van der Waals surface area contributed by atoms with E-state index in [2.05, 4.69) is 9.98 Å². The van der Waals surface area contributed by atoms with Crippen molar-refractivity contribution in [3.63, 3.8) is 0 Å². The van der Waals surface area contributed by atoms with Gasteiger partial charge in [-0.2, -0.15) is 26.3 Å². The highest BCUT2D eigenvalue weighted by Crippen LogP contribution is 2.39. The van der Waals surface area contributed by atoms with Crippen molar-refractivity contribution in [1.29, 1.82) is 0 Å². The van der Waals surface area contributed by atoms with Crippen LogP contribution in [0.2, 0.25) is 0 Å². The number of aliphatic imine (C=N–C) groups is 2. The molecule has 0 aliphatic rings. The quantitative estimate of drug-likeness (QED) is 0.244. The summed E-state index contributed by atoms with van der Waals surface area (Å²) in [6, 6.07) is 9.54. The zero-order chi connectivity index (χ0) is 28.4. The lowest BCUT2D eigenvalue weighted by Crippen LogP contribution is -2.08. The van der Waals surface area contributed by atoms with E-state index < -0.39 is 35.3 Å². The highest BCUT2D eigenvalue weighted by Gasteiger charge is 2.33. The molecule has 3 aromatic carbocycles. The summed E-state index contributed by atoms with van der Waals surface area (Å²) in [4.78, 5) is 8.38.